The van der Waals surface area contributed by atoms with Gasteiger partial charge >= 0.3 is 0 Å². The first kappa shape index (κ1) is 17.9. The lowest BCUT2D eigenvalue weighted by molar-refractivity contribution is -0.118. The van der Waals surface area contributed by atoms with Crippen LogP contribution in [0.3, 0.4) is 0 Å². The maximum absolute atomic E-state index is 13.1. The highest BCUT2D eigenvalue weighted by atomic mass is 16.5. The van der Waals surface area contributed by atoms with E-state index < -0.39 is 5.92 Å². The summed E-state index contributed by atoms with van der Waals surface area (Å²) >= 11 is 0. The number of ether oxygens (including phenoxy) is 1. The molecule has 1 aliphatic rings. The van der Waals surface area contributed by atoms with Gasteiger partial charge in [-0.1, -0.05) is 25.1 Å². The molecule has 1 heterocycles. The third-order valence-corrected chi connectivity index (χ3v) is 4.63. The molecular weight excluding hydrogens is 328 g/mol. The molecule has 0 bridgehead atoms. The molecule has 0 radical (unpaired) electrons. The van der Waals surface area contributed by atoms with Crippen LogP contribution in [0.5, 0.6) is 5.75 Å². The zero-order valence-electron chi connectivity index (χ0n) is 15.2. The van der Waals surface area contributed by atoms with Gasteiger partial charge in [-0.3, -0.25) is 14.6 Å². The van der Waals surface area contributed by atoms with Crippen LogP contribution in [0.15, 0.2) is 53.5 Å². The van der Waals surface area contributed by atoms with Crippen LogP contribution < -0.4 is 9.64 Å². The summed E-state index contributed by atoms with van der Waals surface area (Å²) in [5.41, 5.74) is 1.76. The second kappa shape index (κ2) is 7.52. The smallest absolute Gasteiger partial charge is 0.265 e. The molecule has 5 heteroatoms. The summed E-state index contributed by atoms with van der Waals surface area (Å²) < 4.78 is 5.16. The van der Waals surface area contributed by atoms with Gasteiger partial charge in [0.1, 0.15) is 5.75 Å². The van der Waals surface area contributed by atoms with Crippen LogP contribution in [0.4, 0.5) is 5.69 Å². The highest BCUT2D eigenvalue weighted by molar-refractivity contribution is 6.29. The maximum atomic E-state index is 13.1. The largest absolute Gasteiger partial charge is 0.497 e. The number of hydrogen-bond donors (Lipinski definition) is 0. The Balaban J connectivity index is 2.05. The summed E-state index contributed by atoms with van der Waals surface area (Å²) in [4.78, 5) is 31.8. The zero-order chi connectivity index (χ0) is 18.7. The Hall–Kier alpha value is -2.95. The van der Waals surface area contributed by atoms with Crippen molar-refractivity contribution in [2.75, 3.05) is 12.0 Å². The quantitative estimate of drug-likeness (QED) is 0.608. The van der Waals surface area contributed by atoms with Gasteiger partial charge < -0.3 is 4.74 Å². The number of methoxy groups -OCH3 is 1. The van der Waals surface area contributed by atoms with Crippen molar-refractivity contribution in [1.82, 2.24) is 0 Å². The van der Waals surface area contributed by atoms with Crippen LogP contribution in [0, 0.1) is 0 Å². The van der Waals surface area contributed by atoms with E-state index in [1.54, 1.807) is 43.7 Å². The van der Waals surface area contributed by atoms with Crippen molar-refractivity contribution >= 4 is 23.7 Å². The minimum absolute atomic E-state index is 0.127. The van der Waals surface area contributed by atoms with E-state index in [-0.39, 0.29) is 17.9 Å². The second-order valence-electron chi connectivity index (χ2n) is 6.30. The minimum Gasteiger partial charge on any atom is -0.497 e. The molecule has 0 aromatic heterocycles. The molecule has 0 aliphatic carbocycles. The Bertz CT molecular complexity index is 843. The summed E-state index contributed by atoms with van der Waals surface area (Å²) in [6, 6.07) is 14.2. The molecule has 2 amide bonds. The SMILES string of the molecule is CC[C@H](C)N=CC1C(=O)N(c2ccc(OC)cc2)C(=O)c2ccccc21. The molecule has 0 N–H and O–H groups in total. The molecule has 26 heavy (non-hydrogen) atoms. The summed E-state index contributed by atoms with van der Waals surface area (Å²) in [6.07, 6.45) is 2.57. The number of imide groups is 1. The Morgan fingerprint density at radius 3 is 2.50 bits per heavy atom. The fourth-order valence-corrected chi connectivity index (χ4v) is 2.91. The highest BCUT2D eigenvalue weighted by Crippen LogP contribution is 2.32. The topological polar surface area (TPSA) is 59.0 Å². The molecule has 1 aliphatic heterocycles. The number of hydrogen-bond acceptors (Lipinski definition) is 4. The van der Waals surface area contributed by atoms with Gasteiger partial charge in [-0.15, -0.1) is 0 Å². The van der Waals surface area contributed by atoms with Crippen molar-refractivity contribution in [2.45, 2.75) is 32.2 Å². The van der Waals surface area contributed by atoms with E-state index in [4.69, 9.17) is 4.74 Å². The first-order valence-corrected chi connectivity index (χ1v) is 8.71. The number of anilines is 1. The zero-order valence-corrected chi connectivity index (χ0v) is 15.2. The number of rotatable bonds is 5. The lowest BCUT2D eigenvalue weighted by Gasteiger charge is -2.31. The minimum atomic E-state index is -0.569. The van der Waals surface area contributed by atoms with Gasteiger partial charge in [0.25, 0.3) is 5.91 Å². The predicted molar refractivity (Wildman–Crippen MR) is 102 cm³/mol. The van der Waals surface area contributed by atoms with Crippen LogP contribution in [-0.4, -0.2) is 31.2 Å². The van der Waals surface area contributed by atoms with Gasteiger partial charge in [-0.05, 0) is 49.2 Å². The molecule has 2 aromatic carbocycles. The van der Waals surface area contributed by atoms with Crippen molar-refractivity contribution in [3.8, 4) is 5.75 Å². The Morgan fingerprint density at radius 1 is 1.15 bits per heavy atom. The van der Waals surface area contributed by atoms with Crippen LogP contribution >= 0.6 is 0 Å². The van der Waals surface area contributed by atoms with E-state index in [9.17, 15) is 9.59 Å². The Labute approximate surface area is 153 Å². The third-order valence-electron chi connectivity index (χ3n) is 4.63. The summed E-state index contributed by atoms with van der Waals surface area (Å²) in [5, 5.41) is 0. The Kier molecular flexibility index (Phi) is 5.16. The molecule has 0 saturated carbocycles. The van der Waals surface area contributed by atoms with E-state index in [1.165, 1.54) is 4.90 Å². The standard InChI is InChI=1S/C21H22N2O3/c1-4-14(2)22-13-19-17-7-5-6-8-18(17)20(24)23(21(19)25)15-9-11-16(26-3)12-10-15/h5-14,19H,4H2,1-3H3/t14-,19?/m0/s1. The highest BCUT2D eigenvalue weighted by Gasteiger charge is 2.38. The molecule has 0 spiro atoms. The lowest BCUT2D eigenvalue weighted by atomic mass is 9.88. The molecule has 2 atom stereocenters. The van der Waals surface area contributed by atoms with Crippen LogP contribution in [-0.2, 0) is 4.79 Å². The van der Waals surface area contributed by atoms with Gasteiger partial charge in [0.2, 0.25) is 5.91 Å². The molecule has 1 unspecified atom stereocenters. The third kappa shape index (κ3) is 3.25. The second-order valence-corrected chi connectivity index (χ2v) is 6.30. The normalized spacial score (nSPS) is 18.1. The van der Waals surface area contributed by atoms with Crippen molar-refractivity contribution in [3.05, 3.63) is 59.7 Å². The molecule has 0 fully saturated rings. The number of carbonyl (C=O) groups is 2. The van der Waals surface area contributed by atoms with Crippen molar-refractivity contribution in [1.29, 1.82) is 0 Å². The lowest BCUT2D eigenvalue weighted by Crippen LogP contribution is -2.45. The van der Waals surface area contributed by atoms with E-state index >= 15 is 0 Å². The fourth-order valence-electron chi connectivity index (χ4n) is 2.91. The average molecular weight is 350 g/mol. The summed E-state index contributed by atoms with van der Waals surface area (Å²) in [6.45, 7) is 4.05. The molecule has 0 saturated heterocycles. The Morgan fingerprint density at radius 2 is 1.85 bits per heavy atom. The fraction of sp³-hybridized carbons (Fsp3) is 0.286. The van der Waals surface area contributed by atoms with E-state index in [2.05, 4.69) is 4.99 Å². The van der Waals surface area contributed by atoms with Gasteiger partial charge in [-0.25, -0.2) is 4.90 Å². The number of amides is 2. The molecule has 2 aromatic rings. The van der Waals surface area contributed by atoms with Crippen LogP contribution in [0.2, 0.25) is 0 Å². The van der Waals surface area contributed by atoms with Crippen molar-refractivity contribution < 1.29 is 14.3 Å². The molecule has 5 nitrogen and oxygen atoms in total. The first-order chi connectivity index (χ1) is 12.6. The number of nitrogens with zero attached hydrogens (tertiary/aromatic N) is 2. The molecule has 134 valence electrons. The summed E-state index contributed by atoms with van der Waals surface area (Å²) in [5.74, 6) is -0.504. The van der Waals surface area contributed by atoms with Crippen LogP contribution in [0.1, 0.15) is 42.1 Å². The van der Waals surface area contributed by atoms with E-state index in [1.807, 2.05) is 32.0 Å². The number of carbonyl (C=O) groups excluding carboxylic acids is 2. The first-order valence-electron chi connectivity index (χ1n) is 8.71. The predicted octanol–water partition coefficient (Wildman–Crippen LogP) is 3.84. The number of fused-ring (bicyclic) bond motifs is 1. The monoisotopic (exact) mass is 350 g/mol. The van der Waals surface area contributed by atoms with Crippen LogP contribution in [0.25, 0.3) is 0 Å². The van der Waals surface area contributed by atoms with Crippen molar-refractivity contribution in [2.24, 2.45) is 4.99 Å². The average Bonchev–Trinajstić information content (AvgIpc) is 2.68. The van der Waals surface area contributed by atoms with Crippen molar-refractivity contribution in [3.63, 3.8) is 0 Å². The maximum Gasteiger partial charge on any atom is 0.265 e. The van der Waals surface area contributed by atoms with E-state index in [0.29, 0.717) is 22.6 Å². The van der Waals surface area contributed by atoms with E-state index in [0.717, 1.165) is 6.42 Å². The van der Waals surface area contributed by atoms with Gasteiger partial charge in [0.05, 0.1) is 18.7 Å². The number of benzene rings is 2. The summed E-state index contributed by atoms with van der Waals surface area (Å²) in [7, 11) is 1.57. The molecule has 3 rings (SSSR count). The van der Waals surface area contributed by atoms with Gasteiger partial charge in [-0.2, -0.15) is 0 Å². The van der Waals surface area contributed by atoms with Gasteiger partial charge in [0, 0.05) is 17.8 Å². The number of aliphatic imine (C=N–C) groups is 1. The molecular formula is C21H22N2O3. The van der Waals surface area contributed by atoms with Gasteiger partial charge in [0.15, 0.2) is 0 Å².